The Labute approximate surface area is 121 Å². The number of fused-ring (bicyclic) bond motifs is 5. The molecule has 0 heterocycles. The van der Waals surface area contributed by atoms with Crippen molar-refractivity contribution in [3.05, 3.63) is 35.5 Å². The molecular weight excluding hydrogens is 244 g/mol. The van der Waals surface area contributed by atoms with E-state index < -0.39 is 0 Å². The van der Waals surface area contributed by atoms with Crippen LogP contribution in [0.25, 0.3) is 0 Å². The number of ketones is 1. The molecule has 6 unspecified atom stereocenters. The van der Waals surface area contributed by atoms with E-state index in [-0.39, 0.29) is 5.92 Å². The van der Waals surface area contributed by atoms with Gasteiger partial charge in [0.2, 0.25) is 0 Å². The first-order valence-corrected chi connectivity index (χ1v) is 8.29. The summed E-state index contributed by atoms with van der Waals surface area (Å²) in [6.45, 7) is 4.45. The minimum absolute atomic E-state index is 0.218. The highest BCUT2D eigenvalue weighted by molar-refractivity contribution is 5.93. The van der Waals surface area contributed by atoms with Crippen LogP contribution in [0.1, 0.15) is 39.5 Å². The smallest absolute Gasteiger partial charge is 0.158 e. The van der Waals surface area contributed by atoms with Crippen LogP contribution in [-0.2, 0) is 4.79 Å². The van der Waals surface area contributed by atoms with Crippen LogP contribution in [-0.4, -0.2) is 5.78 Å². The van der Waals surface area contributed by atoms with Crippen LogP contribution < -0.4 is 0 Å². The second kappa shape index (κ2) is 4.44. The first kappa shape index (κ1) is 12.6. The van der Waals surface area contributed by atoms with Gasteiger partial charge < -0.3 is 0 Å². The molecule has 0 bridgehead atoms. The lowest BCUT2D eigenvalue weighted by Gasteiger charge is -2.50. The van der Waals surface area contributed by atoms with Crippen molar-refractivity contribution in [2.24, 2.45) is 35.5 Å². The Balaban J connectivity index is 1.70. The Hall–Kier alpha value is -1.11. The molecule has 4 rings (SSSR count). The van der Waals surface area contributed by atoms with Gasteiger partial charge in [-0.15, -0.1) is 0 Å². The number of carbonyl (C=O) groups is 1. The number of hydrogen-bond donors (Lipinski definition) is 0. The van der Waals surface area contributed by atoms with E-state index in [0.717, 1.165) is 24.2 Å². The summed E-state index contributed by atoms with van der Waals surface area (Å²) >= 11 is 0. The van der Waals surface area contributed by atoms with Crippen LogP contribution in [0.2, 0.25) is 0 Å². The molecule has 4 aliphatic rings. The third-order valence-corrected chi connectivity index (χ3v) is 6.58. The average Bonchev–Trinajstić information content (AvgIpc) is 2.92. The standard InChI is InChI=1S/C19H24O/c1-11-12(2)19-14(10-18(11)20)7-8-16-15-5-3-4-13(15)6-9-17(16)19/h3-5,10-13,16-17,19H,6-9H2,1-2H3. The van der Waals surface area contributed by atoms with E-state index in [1.54, 1.807) is 5.57 Å². The van der Waals surface area contributed by atoms with E-state index in [4.69, 9.17) is 0 Å². The third-order valence-electron chi connectivity index (χ3n) is 6.58. The van der Waals surface area contributed by atoms with Gasteiger partial charge in [-0.3, -0.25) is 4.79 Å². The summed E-state index contributed by atoms with van der Waals surface area (Å²) in [6, 6.07) is 0. The van der Waals surface area contributed by atoms with Crippen molar-refractivity contribution in [3.63, 3.8) is 0 Å². The zero-order valence-corrected chi connectivity index (χ0v) is 12.5. The molecule has 0 aliphatic heterocycles. The molecule has 0 aromatic rings. The molecule has 0 aromatic carbocycles. The van der Waals surface area contributed by atoms with Gasteiger partial charge in [-0.05, 0) is 61.3 Å². The summed E-state index contributed by atoms with van der Waals surface area (Å²) < 4.78 is 0. The van der Waals surface area contributed by atoms with Crippen LogP contribution in [0, 0.1) is 35.5 Å². The van der Waals surface area contributed by atoms with Crippen molar-refractivity contribution in [3.8, 4) is 0 Å². The van der Waals surface area contributed by atoms with Gasteiger partial charge in [0.15, 0.2) is 5.78 Å². The molecule has 1 nitrogen and oxygen atoms in total. The van der Waals surface area contributed by atoms with E-state index in [2.05, 4.69) is 32.1 Å². The second-order valence-electron chi connectivity index (χ2n) is 7.34. The maximum absolute atomic E-state index is 12.1. The molecule has 0 radical (unpaired) electrons. The van der Waals surface area contributed by atoms with Gasteiger partial charge in [0.1, 0.15) is 0 Å². The lowest BCUT2D eigenvalue weighted by atomic mass is 9.54. The monoisotopic (exact) mass is 268 g/mol. The highest BCUT2D eigenvalue weighted by Crippen LogP contribution is 2.55. The minimum atomic E-state index is 0.218. The van der Waals surface area contributed by atoms with E-state index in [1.165, 1.54) is 24.8 Å². The lowest BCUT2D eigenvalue weighted by Crippen LogP contribution is -2.43. The maximum atomic E-state index is 12.1. The fourth-order valence-corrected chi connectivity index (χ4v) is 5.37. The normalized spacial score (nSPS) is 46.2. The predicted octanol–water partition coefficient (Wildman–Crippen LogP) is 4.32. The zero-order chi connectivity index (χ0) is 13.9. The van der Waals surface area contributed by atoms with E-state index in [1.807, 2.05) is 6.08 Å². The van der Waals surface area contributed by atoms with E-state index in [9.17, 15) is 4.79 Å². The molecule has 1 heteroatoms. The Morgan fingerprint density at radius 2 is 2.00 bits per heavy atom. The number of allylic oxidation sites excluding steroid dienone is 6. The molecule has 0 N–H and O–H groups in total. The summed E-state index contributed by atoms with van der Waals surface area (Å²) in [6.07, 6.45) is 14.2. The summed E-state index contributed by atoms with van der Waals surface area (Å²) in [5.41, 5.74) is 3.18. The largest absolute Gasteiger partial charge is 0.295 e. The van der Waals surface area contributed by atoms with Crippen molar-refractivity contribution in [2.45, 2.75) is 39.5 Å². The third kappa shape index (κ3) is 1.65. The van der Waals surface area contributed by atoms with E-state index >= 15 is 0 Å². The molecular formula is C19H24O. The van der Waals surface area contributed by atoms with Crippen molar-refractivity contribution in [1.29, 1.82) is 0 Å². The fourth-order valence-electron chi connectivity index (χ4n) is 5.37. The first-order chi connectivity index (χ1) is 9.66. The summed E-state index contributed by atoms with van der Waals surface area (Å²) in [5, 5.41) is 0. The molecule has 4 aliphatic carbocycles. The first-order valence-electron chi connectivity index (χ1n) is 8.29. The van der Waals surface area contributed by atoms with Gasteiger partial charge in [0.05, 0.1) is 0 Å². The fraction of sp³-hybridized carbons (Fsp3) is 0.632. The number of carbonyl (C=O) groups excluding carboxylic acids is 1. The molecule has 0 spiro atoms. The Morgan fingerprint density at radius 3 is 2.85 bits per heavy atom. The molecule has 20 heavy (non-hydrogen) atoms. The minimum Gasteiger partial charge on any atom is -0.295 e. The van der Waals surface area contributed by atoms with Crippen molar-refractivity contribution < 1.29 is 4.79 Å². The van der Waals surface area contributed by atoms with Crippen molar-refractivity contribution >= 4 is 5.78 Å². The predicted molar refractivity (Wildman–Crippen MR) is 81.1 cm³/mol. The van der Waals surface area contributed by atoms with Crippen LogP contribution in [0.4, 0.5) is 0 Å². The number of rotatable bonds is 0. The summed E-state index contributed by atoms with van der Waals surface area (Å²) in [7, 11) is 0. The van der Waals surface area contributed by atoms with Gasteiger partial charge in [-0.1, -0.05) is 43.2 Å². The quantitative estimate of drug-likeness (QED) is 0.639. The highest BCUT2D eigenvalue weighted by Gasteiger charge is 2.47. The molecule has 0 aromatic heterocycles. The second-order valence-corrected chi connectivity index (χ2v) is 7.34. The molecule has 6 atom stereocenters. The van der Waals surface area contributed by atoms with Crippen molar-refractivity contribution in [1.82, 2.24) is 0 Å². The topological polar surface area (TPSA) is 17.1 Å². The summed E-state index contributed by atoms with van der Waals surface area (Å²) in [4.78, 5) is 12.1. The molecule has 2 fully saturated rings. The van der Waals surface area contributed by atoms with Gasteiger partial charge >= 0.3 is 0 Å². The van der Waals surface area contributed by atoms with Gasteiger partial charge in [-0.25, -0.2) is 0 Å². The van der Waals surface area contributed by atoms with Crippen LogP contribution >= 0.6 is 0 Å². The molecule has 2 saturated carbocycles. The van der Waals surface area contributed by atoms with Gasteiger partial charge in [0.25, 0.3) is 0 Å². The lowest BCUT2D eigenvalue weighted by molar-refractivity contribution is -0.121. The Morgan fingerprint density at radius 1 is 1.15 bits per heavy atom. The molecule has 0 saturated heterocycles. The van der Waals surface area contributed by atoms with Crippen LogP contribution in [0.3, 0.4) is 0 Å². The maximum Gasteiger partial charge on any atom is 0.158 e. The van der Waals surface area contributed by atoms with Crippen LogP contribution in [0.5, 0.6) is 0 Å². The number of hydrogen-bond acceptors (Lipinski definition) is 1. The molecule has 0 amide bonds. The van der Waals surface area contributed by atoms with Crippen LogP contribution in [0.15, 0.2) is 35.5 Å². The zero-order valence-electron chi connectivity index (χ0n) is 12.5. The molecule has 106 valence electrons. The highest BCUT2D eigenvalue weighted by atomic mass is 16.1. The summed E-state index contributed by atoms with van der Waals surface area (Å²) in [5.74, 6) is 4.11. The Bertz CT molecular complexity index is 536. The van der Waals surface area contributed by atoms with Gasteiger partial charge in [-0.2, -0.15) is 0 Å². The van der Waals surface area contributed by atoms with E-state index in [0.29, 0.717) is 17.6 Å². The average molecular weight is 268 g/mol. The SMILES string of the molecule is CC1C(=O)C=C2CCC3C4=CC=CC4CCC3C2C1C. The Kier molecular flexibility index (Phi) is 2.80. The van der Waals surface area contributed by atoms with Crippen molar-refractivity contribution in [2.75, 3.05) is 0 Å². The van der Waals surface area contributed by atoms with Gasteiger partial charge in [0, 0.05) is 5.92 Å².